The van der Waals surface area contributed by atoms with Crippen LogP contribution in [0.2, 0.25) is 0 Å². The van der Waals surface area contributed by atoms with Crippen molar-refractivity contribution >= 4 is 5.97 Å². The van der Waals surface area contributed by atoms with E-state index in [1.165, 1.54) is 12.0 Å². The molecule has 1 N–H and O–H groups in total. The van der Waals surface area contributed by atoms with Crippen LogP contribution in [0.1, 0.15) is 12.0 Å². The molecular formula is C14H12O2. The van der Waals surface area contributed by atoms with E-state index in [4.69, 9.17) is 0 Å². The van der Waals surface area contributed by atoms with Crippen molar-refractivity contribution in [3.05, 3.63) is 35.9 Å². The fourth-order valence-corrected chi connectivity index (χ4v) is 5.89. The summed E-state index contributed by atoms with van der Waals surface area (Å²) in [6.07, 6.45) is 1.18. The van der Waals surface area contributed by atoms with E-state index >= 15 is 0 Å². The Morgan fingerprint density at radius 3 is 2.50 bits per heavy atom. The van der Waals surface area contributed by atoms with Crippen molar-refractivity contribution in [1.29, 1.82) is 0 Å². The molecule has 1 aromatic carbocycles. The number of hydrogen-bond donors (Lipinski definition) is 1. The van der Waals surface area contributed by atoms with Gasteiger partial charge in [-0.1, -0.05) is 30.3 Å². The lowest BCUT2D eigenvalue weighted by atomic mass is 9.68. The third kappa shape index (κ3) is 0.428. The van der Waals surface area contributed by atoms with Gasteiger partial charge < -0.3 is 5.11 Å². The molecule has 5 fully saturated rings. The minimum Gasteiger partial charge on any atom is -0.481 e. The molecule has 0 aliphatic heterocycles. The number of carboxylic acids is 1. The Morgan fingerprint density at radius 1 is 1.19 bits per heavy atom. The predicted molar refractivity (Wildman–Crippen MR) is 56.8 cm³/mol. The lowest BCUT2D eigenvalue weighted by molar-refractivity contribution is -0.148. The third-order valence-corrected chi connectivity index (χ3v) is 6.05. The van der Waals surface area contributed by atoms with E-state index in [1.807, 2.05) is 18.2 Å². The van der Waals surface area contributed by atoms with E-state index < -0.39 is 5.97 Å². The van der Waals surface area contributed by atoms with Crippen LogP contribution in [0.15, 0.2) is 30.3 Å². The van der Waals surface area contributed by atoms with E-state index in [2.05, 4.69) is 12.1 Å². The summed E-state index contributed by atoms with van der Waals surface area (Å²) in [5.74, 6) is 1.94. The molecule has 0 aromatic heterocycles. The lowest BCUT2D eigenvalue weighted by Gasteiger charge is -2.33. The van der Waals surface area contributed by atoms with Gasteiger partial charge in [-0.25, -0.2) is 0 Å². The van der Waals surface area contributed by atoms with Crippen LogP contribution < -0.4 is 0 Å². The van der Waals surface area contributed by atoms with Gasteiger partial charge in [-0.15, -0.1) is 0 Å². The molecule has 80 valence electrons. The molecular weight excluding hydrogens is 200 g/mol. The van der Waals surface area contributed by atoms with Crippen LogP contribution in [0, 0.1) is 29.1 Å². The molecule has 2 heteroatoms. The van der Waals surface area contributed by atoms with Crippen molar-refractivity contribution in [3.8, 4) is 0 Å². The van der Waals surface area contributed by atoms with Crippen LogP contribution in [-0.2, 0) is 10.2 Å². The highest BCUT2D eigenvalue weighted by Crippen LogP contribution is 3.04. The first-order valence-corrected chi connectivity index (χ1v) is 6.06. The Balaban J connectivity index is 1.74. The maximum atomic E-state index is 11.6. The molecule has 6 atom stereocenters. The summed E-state index contributed by atoms with van der Waals surface area (Å²) in [5, 5.41) is 9.55. The maximum absolute atomic E-state index is 11.6. The van der Waals surface area contributed by atoms with E-state index in [1.54, 1.807) is 0 Å². The normalized spacial score (nSPS) is 57.5. The third-order valence-electron chi connectivity index (χ3n) is 6.05. The Morgan fingerprint density at radius 2 is 1.94 bits per heavy atom. The molecule has 0 saturated heterocycles. The number of hydrogen-bond acceptors (Lipinski definition) is 1. The molecule has 0 amide bonds. The number of aliphatic carboxylic acids is 1. The van der Waals surface area contributed by atoms with Gasteiger partial charge in [0.05, 0.1) is 5.41 Å². The number of carbonyl (C=O) groups is 1. The van der Waals surface area contributed by atoms with Gasteiger partial charge in [0.1, 0.15) is 0 Å². The van der Waals surface area contributed by atoms with Gasteiger partial charge in [-0.2, -0.15) is 0 Å². The second-order valence-corrected chi connectivity index (χ2v) is 5.91. The van der Waals surface area contributed by atoms with Crippen LogP contribution in [0.5, 0.6) is 0 Å². The second-order valence-electron chi connectivity index (χ2n) is 5.91. The molecule has 5 aliphatic rings. The molecule has 0 radical (unpaired) electrons. The zero-order valence-electron chi connectivity index (χ0n) is 8.76. The molecule has 6 unspecified atom stereocenters. The Bertz CT molecular complexity index is 525. The monoisotopic (exact) mass is 212 g/mol. The average Bonchev–Trinajstić information content (AvgIpc) is 2.91. The minimum atomic E-state index is -0.525. The first kappa shape index (κ1) is 7.88. The molecule has 2 bridgehead atoms. The van der Waals surface area contributed by atoms with Gasteiger partial charge in [0.15, 0.2) is 0 Å². The van der Waals surface area contributed by atoms with Crippen molar-refractivity contribution in [2.24, 2.45) is 29.1 Å². The molecule has 2 nitrogen and oxygen atoms in total. The van der Waals surface area contributed by atoms with Crippen LogP contribution >= 0.6 is 0 Å². The van der Waals surface area contributed by atoms with Crippen molar-refractivity contribution in [2.45, 2.75) is 11.8 Å². The maximum Gasteiger partial charge on any atom is 0.311 e. The number of benzene rings is 1. The van der Waals surface area contributed by atoms with E-state index in [9.17, 15) is 9.90 Å². The highest BCUT2D eigenvalue weighted by atomic mass is 16.4. The summed E-state index contributed by atoms with van der Waals surface area (Å²) < 4.78 is 0. The van der Waals surface area contributed by atoms with Crippen LogP contribution in [0.3, 0.4) is 0 Å². The molecule has 16 heavy (non-hydrogen) atoms. The molecule has 0 spiro atoms. The Hall–Kier alpha value is -1.31. The predicted octanol–water partition coefficient (Wildman–Crippen LogP) is 1.90. The van der Waals surface area contributed by atoms with Gasteiger partial charge in [-0.05, 0) is 35.7 Å². The van der Waals surface area contributed by atoms with Crippen LogP contribution in [-0.4, -0.2) is 11.1 Å². The van der Waals surface area contributed by atoms with Gasteiger partial charge >= 0.3 is 5.97 Å². The number of rotatable bonds is 2. The minimum absolute atomic E-state index is 0.0649. The fourth-order valence-electron chi connectivity index (χ4n) is 5.89. The Labute approximate surface area is 93.3 Å². The Kier molecular flexibility index (Phi) is 0.902. The van der Waals surface area contributed by atoms with Crippen LogP contribution in [0.25, 0.3) is 0 Å². The molecule has 5 aliphatic carbocycles. The largest absolute Gasteiger partial charge is 0.481 e. The highest BCUT2D eigenvalue weighted by Gasteiger charge is 3.07. The zero-order chi connectivity index (χ0) is 10.7. The number of carboxylic acid groups (broad SMARTS) is 1. The molecule has 0 heterocycles. The van der Waals surface area contributed by atoms with E-state index in [0.717, 1.165) is 5.92 Å². The molecule has 5 saturated carbocycles. The SMILES string of the molecule is O=C(O)C12C3CC4C(C31)C42c1ccccc1. The zero-order valence-corrected chi connectivity index (χ0v) is 8.76. The fraction of sp³-hybridized carbons (Fsp3) is 0.500. The van der Waals surface area contributed by atoms with Gasteiger partial charge in [0, 0.05) is 5.41 Å². The summed E-state index contributed by atoms with van der Waals surface area (Å²) >= 11 is 0. The summed E-state index contributed by atoms with van der Waals surface area (Å²) in [5.41, 5.74) is 1.03. The quantitative estimate of drug-likeness (QED) is 0.813. The molecule has 1 aromatic rings. The van der Waals surface area contributed by atoms with Crippen LogP contribution in [0.4, 0.5) is 0 Å². The second kappa shape index (κ2) is 1.83. The smallest absolute Gasteiger partial charge is 0.311 e. The van der Waals surface area contributed by atoms with Gasteiger partial charge in [0.25, 0.3) is 0 Å². The van der Waals surface area contributed by atoms with E-state index in [-0.39, 0.29) is 10.8 Å². The van der Waals surface area contributed by atoms with Crippen molar-refractivity contribution < 1.29 is 9.90 Å². The first-order chi connectivity index (χ1) is 7.77. The topological polar surface area (TPSA) is 37.3 Å². The summed E-state index contributed by atoms with van der Waals surface area (Å²) in [6.45, 7) is 0. The summed E-state index contributed by atoms with van der Waals surface area (Å²) in [4.78, 5) is 11.6. The lowest BCUT2D eigenvalue weighted by Crippen LogP contribution is -2.41. The van der Waals surface area contributed by atoms with E-state index in [0.29, 0.717) is 17.8 Å². The summed E-state index contributed by atoms with van der Waals surface area (Å²) in [6, 6.07) is 10.4. The van der Waals surface area contributed by atoms with Crippen molar-refractivity contribution in [2.75, 3.05) is 0 Å². The first-order valence-electron chi connectivity index (χ1n) is 6.06. The highest BCUT2D eigenvalue weighted by molar-refractivity contribution is 5.90. The van der Waals surface area contributed by atoms with Crippen molar-refractivity contribution in [1.82, 2.24) is 0 Å². The standard InChI is InChI=1S/C14H12O2/c15-12(16)14-9-6-8-10(11(9)14)13(8,14)7-4-2-1-3-5-7/h1-5,8-11H,6H2,(H,15,16). The van der Waals surface area contributed by atoms with Crippen molar-refractivity contribution in [3.63, 3.8) is 0 Å². The summed E-state index contributed by atoms with van der Waals surface area (Å²) in [7, 11) is 0. The van der Waals surface area contributed by atoms with Gasteiger partial charge in [0.2, 0.25) is 0 Å². The average molecular weight is 212 g/mol. The molecule has 6 rings (SSSR count). The van der Waals surface area contributed by atoms with Gasteiger partial charge in [-0.3, -0.25) is 4.79 Å².